The van der Waals surface area contributed by atoms with Crippen LogP contribution < -0.4 is 10.1 Å². The lowest BCUT2D eigenvalue weighted by atomic mass is 10.2. The quantitative estimate of drug-likeness (QED) is 0.772. The second kappa shape index (κ2) is 6.58. The lowest BCUT2D eigenvalue weighted by molar-refractivity contribution is -0.274. The minimum atomic E-state index is -4.77. The van der Waals surface area contributed by atoms with Crippen molar-refractivity contribution >= 4 is 39.1 Å². The number of ether oxygens (including phenoxy) is 1. The van der Waals surface area contributed by atoms with Crippen LogP contribution in [0, 0.1) is 0 Å². The Morgan fingerprint density at radius 2 is 1.77 bits per heavy atom. The zero-order valence-corrected chi connectivity index (χ0v) is 13.1. The summed E-state index contributed by atoms with van der Waals surface area (Å²) < 4.78 is 40.4. The van der Waals surface area contributed by atoms with Crippen molar-refractivity contribution in [1.29, 1.82) is 0 Å². The molecule has 0 saturated carbocycles. The van der Waals surface area contributed by atoms with Crippen LogP contribution in [0.2, 0.25) is 5.02 Å². The van der Waals surface area contributed by atoms with E-state index in [2.05, 4.69) is 26.0 Å². The number of hydrogen-bond acceptors (Lipinski definition) is 2. The van der Waals surface area contributed by atoms with Crippen LogP contribution in [-0.4, -0.2) is 12.3 Å². The average Bonchev–Trinajstić information content (AvgIpc) is 2.40. The molecule has 0 unspecified atom stereocenters. The Kier molecular flexibility index (Phi) is 4.97. The predicted octanol–water partition coefficient (Wildman–Crippen LogP) is 5.25. The molecule has 2 rings (SSSR count). The summed E-state index contributed by atoms with van der Waals surface area (Å²) in [5, 5.41) is 3.06. The molecule has 0 atom stereocenters. The highest BCUT2D eigenvalue weighted by atomic mass is 79.9. The van der Waals surface area contributed by atoms with Gasteiger partial charge in [0.2, 0.25) is 0 Å². The summed E-state index contributed by atoms with van der Waals surface area (Å²) in [6.07, 6.45) is -4.77. The summed E-state index contributed by atoms with van der Waals surface area (Å²) in [5.74, 6) is -0.800. The van der Waals surface area contributed by atoms with Crippen LogP contribution in [0.4, 0.5) is 18.9 Å². The van der Waals surface area contributed by atoms with Gasteiger partial charge in [-0.2, -0.15) is 0 Å². The third kappa shape index (κ3) is 4.64. The topological polar surface area (TPSA) is 38.3 Å². The SMILES string of the molecule is O=C(Nc1ccc(OC(F)(F)F)cc1Br)c1ccc(Cl)cc1. The van der Waals surface area contributed by atoms with Gasteiger partial charge in [-0.25, -0.2) is 0 Å². The van der Waals surface area contributed by atoms with E-state index in [-0.39, 0.29) is 10.2 Å². The molecule has 1 N–H and O–H groups in total. The van der Waals surface area contributed by atoms with Crippen LogP contribution in [0.25, 0.3) is 0 Å². The number of halogens is 5. The fourth-order valence-corrected chi connectivity index (χ4v) is 2.17. The van der Waals surface area contributed by atoms with E-state index in [9.17, 15) is 18.0 Å². The number of nitrogens with one attached hydrogen (secondary N) is 1. The van der Waals surface area contributed by atoms with Crippen molar-refractivity contribution in [2.45, 2.75) is 6.36 Å². The molecule has 0 spiro atoms. The molecule has 0 aliphatic carbocycles. The number of anilines is 1. The van der Waals surface area contributed by atoms with Gasteiger partial charge >= 0.3 is 6.36 Å². The summed E-state index contributed by atoms with van der Waals surface area (Å²) >= 11 is 8.81. The maximum atomic E-state index is 12.1. The van der Waals surface area contributed by atoms with Crippen LogP contribution in [0.3, 0.4) is 0 Å². The zero-order valence-electron chi connectivity index (χ0n) is 10.7. The number of rotatable bonds is 3. The fourth-order valence-electron chi connectivity index (χ4n) is 1.59. The lowest BCUT2D eigenvalue weighted by Gasteiger charge is -2.12. The van der Waals surface area contributed by atoms with Crippen molar-refractivity contribution in [3.8, 4) is 5.75 Å². The number of benzene rings is 2. The fraction of sp³-hybridized carbons (Fsp3) is 0.0714. The molecule has 0 aliphatic rings. The Bertz CT molecular complexity index is 689. The molecule has 2 aromatic carbocycles. The Hall–Kier alpha value is -1.73. The molecule has 0 heterocycles. The maximum Gasteiger partial charge on any atom is 0.573 e. The molecule has 22 heavy (non-hydrogen) atoms. The van der Waals surface area contributed by atoms with Crippen molar-refractivity contribution in [3.63, 3.8) is 0 Å². The van der Waals surface area contributed by atoms with Gasteiger partial charge in [0.1, 0.15) is 5.75 Å². The van der Waals surface area contributed by atoms with Crippen LogP contribution in [0.5, 0.6) is 5.75 Å². The van der Waals surface area contributed by atoms with Gasteiger partial charge in [-0.05, 0) is 58.4 Å². The standard InChI is InChI=1S/C14H8BrClF3NO2/c15-11-7-10(22-14(17,18)19)5-6-12(11)20-13(21)8-1-3-9(16)4-2-8/h1-7H,(H,20,21). The minimum absolute atomic E-state index is 0.261. The molecule has 0 bridgehead atoms. The van der Waals surface area contributed by atoms with Gasteiger partial charge < -0.3 is 10.1 Å². The summed E-state index contributed by atoms with van der Waals surface area (Å²) in [6, 6.07) is 9.72. The van der Waals surface area contributed by atoms with Crippen LogP contribution in [-0.2, 0) is 0 Å². The average molecular weight is 395 g/mol. The summed E-state index contributed by atoms with van der Waals surface area (Å²) in [7, 11) is 0. The van der Waals surface area contributed by atoms with Crippen molar-refractivity contribution in [3.05, 3.63) is 57.5 Å². The molecule has 116 valence electrons. The minimum Gasteiger partial charge on any atom is -0.406 e. The van der Waals surface area contributed by atoms with E-state index in [4.69, 9.17) is 11.6 Å². The first-order chi connectivity index (χ1) is 10.2. The largest absolute Gasteiger partial charge is 0.573 e. The van der Waals surface area contributed by atoms with Crippen molar-refractivity contribution in [2.75, 3.05) is 5.32 Å². The normalized spacial score (nSPS) is 11.1. The molecule has 0 fully saturated rings. The second-order valence-corrected chi connectivity index (χ2v) is 5.44. The van der Waals surface area contributed by atoms with Gasteiger partial charge in [0.15, 0.2) is 0 Å². The highest BCUT2D eigenvalue weighted by Crippen LogP contribution is 2.30. The van der Waals surface area contributed by atoms with Gasteiger partial charge in [0.05, 0.1) is 5.69 Å². The smallest absolute Gasteiger partial charge is 0.406 e. The lowest BCUT2D eigenvalue weighted by Crippen LogP contribution is -2.17. The molecule has 8 heteroatoms. The Labute approximate surface area is 137 Å². The van der Waals surface area contributed by atoms with Crippen molar-refractivity contribution in [2.24, 2.45) is 0 Å². The van der Waals surface area contributed by atoms with E-state index in [0.717, 1.165) is 12.1 Å². The van der Waals surface area contributed by atoms with E-state index < -0.39 is 12.3 Å². The first-order valence-electron chi connectivity index (χ1n) is 5.87. The molecule has 2 aromatic rings. The highest BCUT2D eigenvalue weighted by molar-refractivity contribution is 9.10. The van der Waals surface area contributed by atoms with Gasteiger partial charge in [-0.3, -0.25) is 4.79 Å². The predicted molar refractivity (Wildman–Crippen MR) is 80.2 cm³/mol. The third-order valence-electron chi connectivity index (χ3n) is 2.53. The van der Waals surface area contributed by atoms with Crippen LogP contribution in [0.15, 0.2) is 46.9 Å². The van der Waals surface area contributed by atoms with Gasteiger partial charge in [0, 0.05) is 15.1 Å². The number of carbonyl (C=O) groups is 1. The molecule has 0 aliphatic heterocycles. The third-order valence-corrected chi connectivity index (χ3v) is 3.44. The highest BCUT2D eigenvalue weighted by Gasteiger charge is 2.31. The second-order valence-electron chi connectivity index (χ2n) is 4.15. The van der Waals surface area contributed by atoms with Crippen LogP contribution >= 0.6 is 27.5 Å². The number of amides is 1. The molecule has 1 amide bonds. The zero-order chi connectivity index (χ0) is 16.3. The molecule has 0 saturated heterocycles. The Morgan fingerprint density at radius 1 is 1.14 bits per heavy atom. The molecule has 0 aromatic heterocycles. The van der Waals surface area contributed by atoms with E-state index in [1.807, 2.05) is 0 Å². The monoisotopic (exact) mass is 393 g/mol. The molecule has 0 radical (unpaired) electrons. The maximum absolute atomic E-state index is 12.1. The van der Waals surface area contributed by atoms with Gasteiger partial charge in [0.25, 0.3) is 5.91 Å². The Balaban J connectivity index is 2.13. The number of alkyl halides is 3. The summed E-state index contributed by atoms with van der Waals surface area (Å²) in [5.41, 5.74) is 0.682. The number of hydrogen-bond donors (Lipinski definition) is 1. The van der Waals surface area contributed by atoms with Crippen molar-refractivity contribution < 1.29 is 22.7 Å². The first-order valence-corrected chi connectivity index (χ1v) is 7.04. The van der Waals surface area contributed by atoms with Gasteiger partial charge in [-0.1, -0.05) is 11.6 Å². The van der Waals surface area contributed by atoms with E-state index in [1.54, 1.807) is 12.1 Å². The first kappa shape index (κ1) is 16.6. The molecular formula is C14H8BrClF3NO2. The van der Waals surface area contributed by atoms with E-state index in [0.29, 0.717) is 16.3 Å². The number of carbonyl (C=O) groups excluding carboxylic acids is 1. The molecular weight excluding hydrogens is 387 g/mol. The summed E-state index contributed by atoms with van der Waals surface area (Å²) in [6.45, 7) is 0. The van der Waals surface area contributed by atoms with Crippen LogP contribution in [0.1, 0.15) is 10.4 Å². The van der Waals surface area contributed by atoms with Crippen molar-refractivity contribution in [1.82, 2.24) is 0 Å². The van der Waals surface area contributed by atoms with E-state index in [1.165, 1.54) is 18.2 Å². The van der Waals surface area contributed by atoms with E-state index >= 15 is 0 Å². The molecule has 3 nitrogen and oxygen atoms in total. The van der Waals surface area contributed by atoms with Gasteiger partial charge in [-0.15, -0.1) is 13.2 Å². The Morgan fingerprint density at radius 3 is 2.32 bits per heavy atom. The summed E-state index contributed by atoms with van der Waals surface area (Å²) in [4.78, 5) is 12.0.